The summed E-state index contributed by atoms with van der Waals surface area (Å²) in [6.07, 6.45) is -1.17. The molecule has 5 heteroatoms. The van der Waals surface area contributed by atoms with Crippen LogP contribution in [0.5, 0.6) is 0 Å². The number of hydrogen-bond donors (Lipinski definition) is 1. The van der Waals surface area contributed by atoms with Gasteiger partial charge in [-0.3, -0.25) is 0 Å². The molecule has 0 aliphatic rings. The van der Waals surface area contributed by atoms with Crippen molar-refractivity contribution < 1.29 is 13.9 Å². The molecule has 0 radical (unpaired) electrons. The Morgan fingerprint density at radius 1 is 1.24 bits per heavy atom. The lowest BCUT2D eigenvalue weighted by Crippen LogP contribution is -2.05. The Kier molecular flexibility index (Phi) is 3.22. The van der Waals surface area contributed by atoms with Gasteiger partial charge in [-0.2, -0.15) is 0 Å². The smallest absolute Gasteiger partial charge is 0.165 e. The third-order valence-corrected chi connectivity index (χ3v) is 3.61. The van der Waals surface area contributed by atoms with Gasteiger partial charge in [-0.25, -0.2) is 13.8 Å². The first-order valence-corrected chi connectivity index (χ1v) is 5.93. The Morgan fingerprint density at radius 3 is 2.53 bits per heavy atom. The first-order chi connectivity index (χ1) is 8.02. The number of halogens is 2. The van der Waals surface area contributed by atoms with E-state index >= 15 is 0 Å². The summed E-state index contributed by atoms with van der Waals surface area (Å²) in [5.74, 6) is -1.91. The second-order valence-corrected chi connectivity index (χ2v) is 4.69. The molecule has 1 aromatic heterocycles. The van der Waals surface area contributed by atoms with E-state index < -0.39 is 17.7 Å². The summed E-state index contributed by atoms with van der Waals surface area (Å²) in [5.41, 5.74) is 2.36. The van der Waals surface area contributed by atoms with Crippen LogP contribution in [-0.4, -0.2) is 10.1 Å². The highest BCUT2D eigenvalue weighted by Crippen LogP contribution is 2.30. The van der Waals surface area contributed by atoms with Crippen molar-refractivity contribution in [3.05, 3.63) is 51.0 Å². The van der Waals surface area contributed by atoms with Gasteiger partial charge in [0, 0.05) is 5.56 Å². The summed E-state index contributed by atoms with van der Waals surface area (Å²) in [7, 11) is 0. The minimum absolute atomic E-state index is 0.0551. The van der Waals surface area contributed by atoms with Crippen molar-refractivity contribution in [2.45, 2.75) is 20.0 Å². The highest BCUT2D eigenvalue weighted by molar-refractivity contribution is 7.09. The Hall–Kier alpha value is -1.33. The van der Waals surface area contributed by atoms with Crippen LogP contribution in [0.2, 0.25) is 0 Å². The molecule has 2 nitrogen and oxygen atoms in total. The maximum atomic E-state index is 13.7. The van der Waals surface area contributed by atoms with E-state index in [-0.39, 0.29) is 11.1 Å². The molecular weight excluding hydrogens is 244 g/mol. The summed E-state index contributed by atoms with van der Waals surface area (Å²) in [6.45, 7) is 3.20. The van der Waals surface area contributed by atoms with Crippen LogP contribution in [0.1, 0.15) is 27.8 Å². The van der Waals surface area contributed by atoms with Crippen molar-refractivity contribution in [2.24, 2.45) is 0 Å². The van der Waals surface area contributed by atoms with Crippen molar-refractivity contribution >= 4 is 11.3 Å². The minimum atomic E-state index is -1.17. The van der Waals surface area contributed by atoms with Crippen LogP contribution in [0, 0.1) is 25.5 Å². The number of aliphatic hydroxyl groups excluding tert-OH is 1. The number of rotatable bonds is 2. The van der Waals surface area contributed by atoms with Crippen molar-refractivity contribution in [2.75, 3.05) is 0 Å². The third kappa shape index (κ3) is 2.08. The maximum Gasteiger partial charge on any atom is 0.165 e. The molecule has 90 valence electrons. The van der Waals surface area contributed by atoms with Gasteiger partial charge in [0.2, 0.25) is 0 Å². The van der Waals surface area contributed by atoms with E-state index in [2.05, 4.69) is 4.98 Å². The zero-order valence-corrected chi connectivity index (χ0v) is 10.2. The van der Waals surface area contributed by atoms with Gasteiger partial charge in [-0.15, -0.1) is 11.3 Å². The first kappa shape index (κ1) is 12.1. The molecule has 1 unspecified atom stereocenters. The van der Waals surface area contributed by atoms with Crippen LogP contribution in [0.15, 0.2) is 17.6 Å². The van der Waals surface area contributed by atoms with Gasteiger partial charge in [0.1, 0.15) is 6.10 Å². The van der Waals surface area contributed by atoms with E-state index in [9.17, 15) is 13.9 Å². The molecule has 0 saturated heterocycles. The molecule has 0 fully saturated rings. The molecule has 1 N–H and O–H groups in total. The summed E-state index contributed by atoms with van der Waals surface area (Å²) in [6, 6.07) is 2.85. The maximum absolute atomic E-state index is 13.7. The van der Waals surface area contributed by atoms with E-state index in [0.29, 0.717) is 10.6 Å². The highest BCUT2D eigenvalue weighted by Gasteiger charge is 2.21. The molecular formula is C12H11F2NOS. The van der Waals surface area contributed by atoms with E-state index in [1.54, 1.807) is 12.4 Å². The number of aromatic nitrogens is 1. The Morgan fingerprint density at radius 2 is 1.94 bits per heavy atom. The van der Waals surface area contributed by atoms with Gasteiger partial charge in [0.25, 0.3) is 0 Å². The fourth-order valence-electron chi connectivity index (χ4n) is 1.59. The van der Waals surface area contributed by atoms with Crippen LogP contribution in [0.25, 0.3) is 0 Å². The largest absolute Gasteiger partial charge is 0.383 e. The number of benzene rings is 1. The zero-order valence-electron chi connectivity index (χ0n) is 9.37. The standard InChI is InChI=1S/C12H11F2NOS/c1-6-3-4-8(10(14)9(6)13)11(16)12-7(2)15-5-17-12/h3-5,11,16H,1-2H3. The number of nitrogens with zero attached hydrogens (tertiary/aromatic N) is 1. The lowest BCUT2D eigenvalue weighted by molar-refractivity contribution is 0.216. The fraction of sp³-hybridized carbons (Fsp3) is 0.250. The molecule has 0 amide bonds. The fourth-order valence-corrected chi connectivity index (χ4v) is 2.39. The van der Waals surface area contributed by atoms with Gasteiger partial charge in [-0.05, 0) is 19.4 Å². The second-order valence-electron chi connectivity index (χ2n) is 3.80. The SMILES string of the molecule is Cc1ccc(C(O)c2scnc2C)c(F)c1F. The number of thiazole rings is 1. The van der Waals surface area contributed by atoms with E-state index in [0.717, 1.165) is 0 Å². The zero-order chi connectivity index (χ0) is 12.6. The van der Waals surface area contributed by atoms with E-state index in [4.69, 9.17) is 0 Å². The quantitative estimate of drug-likeness (QED) is 0.894. The van der Waals surface area contributed by atoms with Gasteiger partial charge in [-0.1, -0.05) is 12.1 Å². The molecule has 2 aromatic rings. The monoisotopic (exact) mass is 255 g/mol. The van der Waals surface area contributed by atoms with Crippen LogP contribution >= 0.6 is 11.3 Å². The molecule has 0 saturated carbocycles. The van der Waals surface area contributed by atoms with Crippen molar-refractivity contribution in [1.82, 2.24) is 4.98 Å². The van der Waals surface area contributed by atoms with E-state index in [1.165, 1.54) is 30.4 Å². The second kappa shape index (κ2) is 4.50. The lowest BCUT2D eigenvalue weighted by Gasteiger charge is -2.12. The molecule has 0 bridgehead atoms. The van der Waals surface area contributed by atoms with Crippen LogP contribution in [0.3, 0.4) is 0 Å². The average Bonchev–Trinajstić information content (AvgIpc) is 2.72. The van der Waals surface area contributed by atoms with Crippen molar-refractivity contribution in [3.8, 4) is 0 Å². The van der Waals surface area contributed by atoms with Gasteiger partial charge < -0.3 is 5.11 Å². The summed E-state index contributed by atoms with van der Waals surface area (Å²) in [5, 5.41) is 10.0. The Balaban J connectivity index is 2.48. The van der Waals surface area contributed by atoms with Crippen LogP contribution in [0.4, 0.5) is 8.78 Å². The molecule has 1 heterocycles. The summed E-state index contributed by atoms with van der Waals surface area (Å²) in [4.78, 5) is 4.51. The van der Waals surface area contributed by atoms with Gasteiger partial charge in [0.05, 0.1) is 16.1 Å². The molecule has 1 aromatic carbocycles. The van der Waals surface area contributed by atoms with Gasteiger partial charge >= 0.3 is 0 Å². The lowest BCUT2D eigenvalue weighted by atomic mass is 10.0. The van der Waals surface area contributed by atoms with E-state index in [1.807, 2.05) is 0 Å². The Bertz CT molecular complexity index is 553. The normalized spacial score (nSPS) is 12.8. The van der Waals surface area contributed by atoms with Gasteiger partial charge in [0.15, 0.2) is 11.6 Å². The Labute approximate surface area is 102 Å². The predicted octanol–water partition coefficient (Wildman–Crippen LogP) is 3.12. The predicted molar refractivity (Wildman–Crippen MR) is 62.0 cm³/mol. The summed E-state index contributed by atoms with van der Waals surface area (Å²) < 4.78 is 27.1. The van der Waals surface area contributed by atoms with Crippen LogP contribution < -0.4 is 0 Å². The van der Waals surface area contributed by atoms with Crippen LogP contribution in [-0.2, 0) is 0 Å². The van der Waals surface area contributed by atoms with Crippen molar-refractivity contribution in [1.29, 1.82) is 0 Å². The highest BCUT2D eigenvalue weighted by atomic mass is 32.1. The number of aliphatic hydroxyl groups is 1. The summed E-state index contributed by atoms with van der Waals surface area (Å²) >= 11 is 1.22. The number of aryl methyl sites for hydroxylation is 2. The molecule has 2 rings (SSSR count). The molecule has 0 spiro atoms. The first-order valence-electron chi connectivity index (χ1n) is 5.05. The average molecular weight is 255 g/mol. The molecule has 0 aliphatic heterocycles. The molecule has 1 atom stereocenters. The topological polar surface area (TPSA) is 33.1 Å². The third-order valence-electron chi connectivity index (χ3n) is 2.63. The number of hydrogen-bond acceptors (Lipinski definition) is 3. The molecule has 17 heavy (non-hydrogen) atoms. The molecule has 0 aliphatic carbocycles. The minimum Gasteiger partial charge on any atom is -0.383 e. The van der Waals surface area contributed by atoms with Crippen molar-refractivity contribution in [3.63, 3.8) is 0 Å².